The van der Waals surface area contributed by atoms with E-state index in [4.69, 9.17) is 0 Å². The number of hydrogen-bond acceptors (Lipinski definition) is 7. The Balaban J connectivity index is -0.000000218. The second-order valence-electron chi connectivity index (χ2n) is 37.7. The molecule has 686 valence electrons. The molecule has 0 spiro atoms. The summed E-state index contributed by atoms with van der Waals surface area (Å²) in [5.74, 6) is 13.1. The Morgan fingerprint density at radius 1 is 0.214 bits per heavy atom. The van der Waals surface area contributed by atoms with E-state index >= 15 is 0 Å². The highest BCUT2D eigenvalue weighted by Gasteiger charge is 2.51. The van der Waals surface area contributed by atoms with Gasteiger partial charge < -0.3 is 0 Å². The second kappa shape index (κ2) is 67.3. The molecule has 0 N–H and O–H groups in total. The number of nitrogens with zero attached hydrogens (tertiary/aromatic N) is 7. The second-order valence-corrected chi connectivity index (χ2v) is 37.7. The molecular formula is C105H231N7. The average Bonchev–Trinajstić information content (AvgIpc) is 1.53. The van der Waals surface area contributed by atoms with E-state index in [-0.39, 0.29) is 0 Å². The normalized spacial score (nSPS) is 32.6. The molecule has 15 unspecified atom stereocenters. The molecule has 0 amide bonds. The molecule has 0 aromatic heterocycles. The van der Waals surface area contributed by atoms with Crippen LogP contribution in [0.1, 0.15) is 483 Å². The van der Waals surface area contributed by atoms with Crippen LogP contribution in [0.15, 0.2) is 0 Å². The molecule has 3 saturated carbocycles. The molecule has 112 heavy (non-hydrogen) atoms. The first kappa shape index (κ1) is 125. The zero-order valence-electron chi connectivity index (χ0n) is 89.0. The fraction of sp³-hybridized carbons (Fsp3) is 1.00. The maximum absolute atomic E-state index is 2.76. The van der Waals surface area contributed by atoms with Gasteiger partial charge in [0.15, 0.2) is 0 Å². The first-order chi connectivity index (χ1) is 53.0. The number of hydrogen-bond donors (Lipinski definition) is 0. The maximum atomic E-state index is 2.76. The molecular weight excluding hydrogens is 1360 g/mol. The van der Waals surface area contributed by atoms with Crippen LogP contribution in [0.5, 0.6) is 0 Å². The minimum Gasteiger partial charge on any atom is -0.298 e. The van der Waals surface area contributed by atoms with Crippen LogP contribution in [0.2, 0.25) is 0 Å². The fourth-order valence-electron chi connectivity index (χ4n) is 21.4. The van der Waals surface area contributed by atoms with Crippen LogP contribution in [0.4, 0.5) is 0 Å². The van der Waals surface area contributed by atoms with Crippen molar-refractivity contribution in [2.24, 2.45) is 76.9 Å². The Hall–Kier alpha value is -0.280. The lowest BCUT2D eigenvalue weighted by Gasteiger charge is -2.56. The highest BCUT2D eigenvalue weighted by molar-refractivity contribution is 5.05. The van der Waals surface area contributed by atoms with Gasteiger partial charge in [0, 0.05) is 128 Å². The van der Waals surface area contributed by atoms with Crippen LogP contribution >= 0.6 is 0 Å². The van der Waals surface area contributed by atoms with Gasteiger partial charge in [-0.15, -0.1) is 0 Å². The lowest BCUT2D eigenvalue weighted by atomic mass is 9.62. The third-order valence-corrected chi connectivity index (χ3v) is 26.3. The maximum Gasteiger partial charge on any atom is 0.0131 e. The first-order valence-electron chi connectivity index (χ1n) is 51.4. The monoisotopic (exact) mass is 1590 g/mol. The average molecular weight is 1590 g/mol. The van der Waals surface area contributed by atoms with E-state index < -0.39 is 0 Å². The van der Waals surface area contributed by atoms with Crippen LogP contribution in [0, 0.1) is 76.9 Å². The van der Waals surface area contributed by atoms with Crippen molar-refractivity contribution in [3.05, 3.63) is 0 Å². The molecule has 17 aliphatic rings. The number of piperidine rings is 9. The fourth-order valence-corrected chi connectivity index (χ4v) is 21.4. The Morgan fingerprint density at radius 2 is 0.384 bits per heavy atom. The van der Waals surface area contributed by atoms with E-state index in [1.165, 1.54) is 155 Å². The van der Waals surface area contributed by atoms with Gasteiger partial charge in [-0.05, 0) is 317 Å². The van der Waals surface area contributed by atoms with Crippen molar-refractivity contribution < 1.29 is 0 Å². The molecule has 7 heteroatoms. The molecule has 3 aliphatic carbocycles. The van der Waals surface area contributed by atoms with E-state index in [1.54, 1.807) is 0 Å². The van der Waals surface area contributed by atoms with E-state index in [1.807, 2.05) is 194 Å². The summed E-state index contributed by atoms with van der Waals surface area (Å²) in [6.45, 7) is 123. The van der Waals surface area contributed by atoms with Crippen LogP contribution in [0.3, 0.4) is 0 Å². The molecule has 15 atom stereocenters. The zero-order chi connectivity index (χ0) is 89.9. The molecule has 14 bridgehead atoms. The highest BCUT2D eigenvalue weighted by Crippen LogP contribution is 2.50. The molecule has 0 aromatic carbocycles. The molecule has 0 radical (unpaired) electrons. The molecule has 0 aromatic rings. The van der Waals surface area contributed by atoms with E-state index in [0.29, 0.717) is 22.2 Å². The van der Waals surface area contributed by atoms with Gasteiger partial charge in [-0.2, -0.15) is 0 Å². The summed E-state index contributed by atoms with van der Waals surface area (Å²) >= 11 is 0. The van der Waals surface area contributed by atoms with Crippen molar-refractivity contribution in [3.63, 3.8) is 0 Å². The summed E-state index contributed by atoms with van der Waals surface area (Å²) in [5.41, 5.74) is 1.60. The molecule has 14 saturated heterocycles. The van der Waals surface area contributed by atoms with Crippen LogP contribution in [-0.2, 0) is 0 Å². The minimum absolute atomic E-state index is 0.399. The molecule has 14 heterocycles. The number of rotatable bonds is 3. The van der Waals surface area contributed by atoms with Crippen molar-refractivity contribution in [1.29, 1.82) is 0 Å². The van der Waals surface area contributed by atoms with Crippen molar-refractivity contribution in [2.45, 2.75) is 571 Å². The van der Waals surface area contributed by atoms with Crippen LogP contribution < -0.4 is 0 Å². The highest BCUT2D eigenvalue weighted by atomic mass is 15.3. The lowest BCUT2D eigenvalue weighted by molar-refractivity contribution is -0.0687. The van der Waals surface area contributed by atoms with E-state index in [9.17, 15) is 0 Å². The molecule has 17 fully saturated rings. The van der Waals surface area contributed by atoms with Crippen molar-refractivity contribution >= 4 is 0 Å². The summed E-state index contributed by atoms with van der Waals surface area (Å²) in [5, 5.41) is 0. The standard InChI is InChI=1S/7C11H21N.14C2H6/c3*1-8-9-5-10(8)7-12(6-9)11(2,3)4;1-8-7-9-5-6-10(8)12(9)11(2,3)4;3*1-8(2)12-10-4-5-11(12)7-9(3)6-10;14*1-2/h4*8-10H,5-7H2,1-4H3;3*8-11H,4-7H2,1-3H3;14*1-2H3. The number of fused-ring (bicyclic) bond motifs is 14. The van der Waals surface area contributed by atoms with Gasteiger partial charge >= 0.3 is 0 Å². The Kier molecular flexibility index (Phi) is 75.1. The van der Waals surface area contributed by atoms with Crippen LogP contribution in [-0.4, -0.2) is 162 Å². The smallest absolute Gasteiger partial charge is 0.0131 e. The van der Waals surface area contributed by atoms with Crippen molar-refractivity contribution in [3.8, 4) is 0 Å². The SMILES string of the molecule is CC.CC.CC.CC.CC.CC.CC.CC.CC.CC.CC.CC.CC.CC.CC1C2CC1CN(C(C)(C)C)C2.CC1C2CC1CN(C(C)(C)C)C2.CC1C2CC1CN(C(C)(C)C)C2.CC1CC2CCC(C1)N2C(C)C.CC1CC2CCC(C1)N2C(C)C.CC1CC2CCC(C1)N2C(C)C.CC1CC2CCC1N2C(C)(C)C. The Bertz CT molecular complexity index is 1740. The summed E-state index contributed by atoms with van der Waals surface area (Å²) in [4.78, 5) is 19.0. The molecule has 17 rings (SSSR count). The summed E-state index contributed by atoms with van der Waals surface area (Å²) in [6.07, 6.45) is 26.4. The first-order valence-corrected chi connectivity index (χ1v) is 51.4. The summed E-state index contributed by atoms with van der Waals surface area (Å²) < 4.78 is 0. The van der Waals surface area contributed by atoms with Gasteiger partial charge in [0.05, 0.1) is 0 Å². The van der Waals surface area contributed by atoms with Gasteiger partial charge in [-0.3, -0.25) is 34.3 Å². The predicted octanol–water partition coefficient (Wildman–Crippen LogP) is 32.1. The third-order valence-electron chi connectivity index (χ3n) is 26.3. The predicted molar refractivity (Wildman–Crippen MR) is 524 cm³/mol. The zero-order valence-corrected chi connectivity index (χ0v) is 89.0. The summed E-state index contributed by atoms with van der Waals surface area (Å²) in [7, 11) is 0. The van der Waals surface area contributed by atoms with E-state index in [0.717, 1.165) is 143 Å². The third kappa shape index (κ3) is 40.2. The van der Waals surface area contributed by atoms with Crippen molar-refractivity contribution in [2.75, 3.05) is 39.3 Å². The van der Waals surface area contributed by atoms with Gasteiger partial charge in [-0.25, -0.2) is 0 Å². The lowest BCUT2D eigenvalue weighted by Crippen LogP contribution is -2.59. The van der Waals surface area contributed by atoms with Crippen molar-refractivity contribution in [1.82, 2.24) is 34.3 Å². The van der Waals surface area contributed by atoms with Gasteiger partial charge in [-0.1, -0.05) is 242 Å². The quantitative estimate of drug-likeness (QED) is 0.277. The minimum atomic E-state index is 0.399. The van der Waals surface area contributed by atoms with Crippen LogP contribution in [0.25, 0.3) is 0 Å². The van der Waals surface area contributed by atoms with Gasteiger partial charge in [0.1, 0.15) is 0 Å². The topological polar surface area (TPSA) is 22.7 Å². The summed E-state index contributed by atoms with van der Waals surface area (Å²) in [6, 6.07) is 9.70. The molecule has 14 aliphatic heterocycles. The largest absolute Gasteiger partial charge is 0.298 e. The van der Waals surface area contributed by atoms with E-state index in [2.05, 4.69) is 207 Å². The Labute approximate surface area is 717 Å². The van der Waals surface area contributed by atoms with Gasteiger partial charge in [0.2, 0.25) is 0 Å². The van der Waals surface area contributed by atoms with Gasteiger partial charge in [0.25, 0.3) is 0 Å². The Morgan fingerprint density at radius 3 is 0.491 bits per heavy atom. The molecule has 7 nitrogen and oxygen atoms in total.